The zero-order chi connectivity index (χ0) is 23.9. The first-order chi connectivity index (χ1) is 15.6. The van der Waals surface area contributed by atoms with E-state index in [-0.39, 0.29) is 28.3 Å². The van der Waals surface area contributed by atoms with E-state index >= 15 is 8.78 Å². The van der Waals surface area contributed by atoms with E-state index in [2.05, 4.69) is 20.2 Å². The normalized spacial score (nSPS) is 18.6. The Bertz CT molecular complexity index is 1340. The number of aliphatic hydroxyl groups is 1. The van der Waals surface area contributed by atoms with Crippen molar-refractivity contribution in [3.63, 3.8) is 0 Å². The maximum absolute atomic E-state index is 15.2. The minimum Gasteiger partial charge on any atom is -0.393 e. The van der Waals surface area contributed by atoms with Crippen LogP contribution in [-0.4, -0.2) is 48.5 Å². The molecule has 0 saturated heterocycles. The maximum atomic E-state index is 15.2. The Morgan fingerprint density at radius 3 is 2.61 bits per heavy atom. The second-order valence-corrected chi connectivity index (χ2v) is 9.77. The molecule has 1 amide bonds. The Labute approximate surface area is 187 Å². The molecule has 0 radical (unpaired) electrons. The molecule has 4 rings (SSSR count). The number of nitrogens with one attached hydrogen (secondary N) is 3. The molecule has 176 valence electrons. The number of aromatic nitrogens is 2. The van der Waals surface area contributed by atoms with E-state index in [1.165, 1.54) is 13.1 Å². The van der Waals surface area contributed by atoms with Crippen molar-refractivity contribution in [2.75, 3.05) is 17.5 Å². The number of aromatic amines is 1. The van der Waals surface area contributed by atoms with Crippen molar-refractivity contribution in [3.8, 4) is 11.1 Å². The summed E-state index contributed by atoms with van der Waals surface area (Å²) in [5.74, 6) is -4.61. The molecule has 12 heteroatoms. The molecule has 0 bridgehead atoms. The summed E-state index contributed by atoms with van der Waals surface area (Å²) in [6, 6.07) is 4.15. The zero-order valence-corrected chi connectivity index (χ0v) is 18.3. The highest BCUT2D eigenvalue weighted by molar-refractivity contribution is 7.92. The molecule has 1 aliphatic rings. The number of halogens is 3. The van der Waals surface area contributed by atoms with Gasteiger partial charge in [-0.3, -0.25) is 14.6 Å². The first-order valence-corrected chi connectivity index (χ1v) is 11.8. The predicted molar refractivity (Wildman–Crippen MR) is 116 cm³/mol. The average molecular weight is 482 g/mol. The van der Waals surface area contributed by atoms with Crippen LogP contribution in [0.4, 0.5) is 18.9 Å². The van der Waals surface area contributed by atoms with Crippen LogP contribution in [0.3, 0.4) is 0 Å². The smallest absolute Gasteiger partial charge is 0.272 e. The molecule has 2 unspecified atom stereocenters. The SMILES string of the molecule is CNC(=O)c1n[nH]c2c(F)c(-c3c(F)ccc(NS(=O)(=O)CC4CCC(O)C4)c3F)ccc12. The molecule has 2 atom stereocenters. The fourth-order valence-corrected chi connectivity index (χ4v) is 5.64. The van der Waals surface area contributed by atoms with Gasteiger partial charge in [0, 0.05) is 18.0 Å². The van der Waals surface area contributed by atoms with Gasteiger partial charge in [0.15, 0.2) is 17.3 Å². The lowest BCUT2D eigenvalue weighted by Gasteiger charge is -2.15. The molecular formula is C21H21F3N4O4S. The molecule has 2 aromatic carbocycles. The number of rotatable bonds is 6. The summed E-state index contributed by atoms with van der Waals surface area (Å²) in [6.45, 7) is 0. The summed E-state index contributed by atoms with van der Waals surface area (Å²) >= 11 is 0. The molecule has 3 aromatic rings. The zero-order valence-electron chi connectivity index (χ0n) is 17.5. The first kappa shape index (κ1) is 23.1. The van der Waals surface area contributed by atoms with Crippen LogP contribution in [0.5, 0.6) is 0 Å². The molecule has 33 heavy (non-hydrogen) atoms. The van der Waals surface area contributed by atoms with E-state index in [0.29, 0.717) is 19.3 Å². The minimum atomic E-state index is -4.01. The van der Waals surface area contributed by atoms with Gasteiger partial charge in [-0.2, -0.15) is 5.10 Å². The number of anilines is 1. The molecule has 8 nitrogen and oxygen atoms in total. The van der Waals surface area contributed by atoms with Crippen molar-refractivity contribution >= 4 is 32.5 Å². The Kier molecular flexibility index (Phi) is 6.06. The van der Waals surface area contributed by atoms with E-state index < -0.39 is 56.3 Å². The van der Waals surface area contributed by atoms with Crippen molar-refractivity contribution in [3.05, 3.63) is 47.4 Å². The van der Waals surface area contributed by atoms with E-state index in [1.54, 1.807) is 0 Å². The van der Waals surface area contributed by atoms with Gasteiger partial charge in [-0.25, -0.2) is 21.6 Å². The molecule has 1 saturated carbocycles. The van der Waals surface area contributed by atoms with Crippen molar-refractivity contribution in [2.24, 2.45) is 5.92 Å². The Hall–Kier alpha value is -3.12. The lowest BCUT2D eigenvalue weighted by Crippen LogP contribution is -2.22. The van der Waals surface area contributed by atoms with Gasteiger partial charge in [0.1, 0.15) is 11.3 Å². The Morgan fingerprint density at radius 1 is 1.18 bits per heavy atom. The first-order valence-electron chi connectivity index (χ1n) is 10.2. The van der Waals surface area contributed by atoms with Crippen LogP contribution in [0.2, 0.25) is 0 Å². The highest BCUT2D eigenvalue weighted by Gasteiger charge is 2.29. The molecule has 0 spiro atoms. The summed E-state index contributed by atoms with van der Waals surface area (Å²) in [6.07, 6.45) is 0.772. The largest absolute Gasteiger partial charge is 0.393 e. The number of aliphatic hydroxyl groups excluding tert-OH is 1. The molecular weight excluding hydrogens is 461 g/mol. The number of nitrogens with zero attached hydrogens (tertiary/aromatic N) is 1. The van der Waals surface area contributed by atoms with Gasteiger partial charge >= 0.3 is 0 Å². The second kappa shape index (κ2) is 8.67. The fourth-order valence-electron chi connectivity index (χ4n) is 4.14. The van der Waals surface area contributed by atoms with Crippen LogP contribution in [0, 0.1) is 23.4 Å². The second-order valence-electron chi connectivity index (χ2n) is 8.00. The van der Waals surface area contributed by atoms with Gasteiger partial charge in [0.2, 0.25) is 10.0 Å². The van der Waals surface area contributed by atoms with E-state index in [1.807, 2.05) is 0 Å². The highest BCUT2D eigenvalue weighted by Crippen LogP contribution is 2.36. The average Bonchev–Trinajstić information content (AvgIpc) is 3.37. The van der Waals surface area contributed by atoms with Crippen molar-refractivity contribution in [1.29, 1.82) is 0 Å². The number of sulfonamides is 1. The van der Waals surface area contributed by atoms with Crippen LogP contribution < -0.4 is 10.0 Å². The standard InChI is InChI=1S/C21H21F3N4O4S/c1-25-21(30)20-13-5-4-12(17(23)19(13)26-27-20)16-14(22)6-7-15(18(16)24)28-33(31,32)9-10-2-3-11(29)8-10/h4-7,10-11,28-29H,2-3,8-9H2,1H3,(H,25,30)(H,26,27). The van der Waals surface area contributed by atoms with Crippen molar-refractivity contribution in [1.82, 2.24) is 15.5 Å². The summed E-state index contributed by atoms with van der Waals surface area (Å²) in [5, 5.41) is 18.2. The molecule has 1 heterocycles. The molecule has 1 aromatic heterocycles. The van der Waals surface area contributed by atoms with Crippen LogP contribution in [0.25, 0.3) is 22.0 Å². The lowest BCUT2D eigenvalue weighted by atomic mass is 10.0. The predicted octanol–water partition coefficient (Wildman–Crippen LogP) is 2.91. The number of fused-ring (bicyclic) bond motifs is 1. The summed E-state index contributed by atoms with van der Waals surface area (Å²) in [5.41, 5.74) is -2.07. The molecule has 1 aliphatic carbocycles. The fraction of sp³-hybridized carbons (Fsp3) is 0.333. The van der Waals surface area contributed by atoms with Gasteiger partial charge in [-0.15, -0.1) is 0 Å². The van der Waals surface area contributed by atoms with Gasteiger partial charge in [0.05, 0.1) is 23.1 Å². The molecule has 4 N–H and O–H groups in total. The monoisotopic (exact) mass is 482 g/mol. The molecule has 0 aliphatic heterocycles. The number of benzene rings is 2. The summed E-state index contributed by atoms with van der Waals surface area (Å²) < 4.78 is 72.1. The van der Waals surface area contributed by atoms with E-state index in [4.69, 9.17) is 0 Å². The number of hydrogen-bond acceptors (Lipinski definition) is 5. The van der Waals surface area contributed by atoms with Gasteiger partial charge < -0.3 is 10.4 Å². The van der Waals surface area contributed by atoms with Crippen LogP contribution in [0.15, 0.2) is 24.3 Å². The third-order valence-corrected chi connectivity index (χ3v) is 7.15. The van der Waals surface area contributed by atoms with Gasteiger partial charge in [0.25, 0.3) is 5.91 Å². The Morgan fingerprint density at radius 2 is 1.94 bits per heavy atom. The summed E-state index contributed by atoms with van der Waals surface area (Å²) in [4.78, 5) is 11.9. The third-order valence-electron chi connectivity index (χ3n) is 5.71. The highest BCUT2D eigenvalue weighted by atomic mass is 32.2. The Balaban J connectivity index is 1.71. The van der Waals surface area contributed by atoms with E-state index in [0.717, 1.165) is 18.2 Å². The summed E-state index contributed by atoms with van der Waals surface area (Å²) in [7, 11) is -2.63. The van der Waals surface area contributed by atoms with Crippen LogP contribution in [-0.2, 0) is 10.0 Å². The number of carbonyl (C=O) groups excluding carboxylic acids is 1. The number of H-pyrrole nitrogens is 1. The lowest BCUT2D eigenvalue weighted by molar-refractivity contribution is 0.0959. The number of amides is 1. The topological polar surface area (TPSA) is 124 Å². The molecule has 1 fully saturated rings. The van der Waals surface area contributed by atoms with Gasteiger partial charge in [-0.05, 0) is 43.4 Å². The number of hydrogen-bond donors (Lipinski definition) is 4. The maximum Gasteiger partial charge on any atom is 0.272 e. The van der Waals surface area contributed by atoms with Crippen molar-refractivity contribution in [2.45, 2.75) is 25.4 Å². The van der Waals surface area contributed by atoms with Crippen LogP contribution >= 0.6 is 0 Å². The quantitative estimate of drug-likeness (QED) is 0.430. The minimum absolute atomic E-state index is 0.0857. The van der Waals surface area contributed by atoms with Crippen LogP contribution in [0.1, 0.15) is 29.8 Å². The number of carbonyl (C=O) groups is 1. The van der Waals surface area contributed by atoms with Gasteiger partial charge in [-0.1, -0.05) is 6.07 Å². The third kappa shape index (κ3) is 4.40. The van der Waals surface area contributed by atoms with E-state index in [9.17, 15) is 22.7 Å². The van der Waals surface area contributed by atoms with Crippen molar-refractivity contribution < 1.29 is 31.5 Å².